The van der Waals surface area contributed by atoms with E-state index in [0.29, 0.717) is 0 Å². The van der Waals surface area contributed by atoms with E-state index in [2.05, 4.69) is 0 Å². The Morgan fingerprint density at radius 2 is 1.76 bits per heavy atom. The number of nitrogens with zero attached hydrogens (tertiary/aromatic N) is 1. The van der Waals surface area contributed by atoms with Crippen LogP contribution in [0.2, 0.25) is 0 Å². The van der Waals surface area contributed by atoms with Gasteiger partial charge in [-0.25, -0.2) is 13.2 Å². The van der Waals surface area contributed by atoms with Gasteiger partial charge in [0, 0.05) is 13.1 Å². The number of hydrogen-bond acceptors (Lipinski definition) is 5. The van der Waals surface area contributed by atoms with E-state index in [1.54, 1.807) is 20.8 Å². The number of carboxylic acid groups (broad SMARTS) is 1. The molecular weight excluding hydrogens is 298 g/mol. The number of amides is 1. The molecule has 1 unspecified atom stereocenters. The molecule has 0 aromatic carbocycles. The molecule has 1 amide bonds. The van der Waals surface area contributed by atoms with E-state index in [9.17, 15) is 18.0 Å². The van der Waals surface area contributed by atoms with Crippen LogP contribution >= 0.6 is 0 Å². The Labute approximate surface area is 124 Å². The largest absolute Gasteiger partial charge is 0.480 e. The van der Waals surface area contributed by atoms with Crippen molar-refractivity contribution in [2.45, 2.75) is 55.6 Å². The maximum Gasteiger partial charge on any atom is 0.410 e. The molecule has 1 atom stereocenters. The smallest absolute Gasteiger partial charge is 0.410 e. The molecule has 2 aliphatic heterocycles. The number of carbonyl (C=O) groups is 2. The molecule has 120 valence electrons. The highest BCUT2D eigenvalue weighted by atomic mass is 32.2. The Hall–Kier alpha value is -1.31. The molecule has 21 heavy (non-hydrogen) atoms. The summed E-state index contributed by atoms with van der Waals surface area (Å²) in [5.74, 6) is -1.28. The summed E-state index contributed by atoms with van der Waals surface area (Å²) in [7, 11) is -3.65. The molecule has 0 aromatic heterocycles. The van der Waals surface area contributed by atoms with Crippen LogP contribution in [-0.4, -0.2) is 59.2 Å². The second-order valence-corrected chi connectivity index (χ2v) is 9.25. The first kappa shape index (κ1) is 16.1. The van der Waals surface area contributed by atoms with Crippen molar-refractivity contribution in [1.82, 2.24) is 4.90 Å². The Balaban J connectivity index is 1.99. The monoisotopic (exact) mass is 319 g/mol. The highest BCUT2D eigenvalue weighted by Crippen LogP contribution is 2.47. The number of hydrogen-bond donors (Lipinski definition) is 1. The Kier molecular flexibility index (Phi) is 3.72. The lowest BCUT2D eigenvalue weighted by Gasteiger charge is -2.49. The van der Waals surface area contributed by atoms with E-state index in [4.69, 9.17) is 9.84 Å². The molecule has 1 N–H and O–H groups in total. The van der Waals surface area contributed by atoms with Crippen molar-refractivity contribution in [3.05, 3.63) is 0 Å². The molecule has 2 heterocycles. The number of carbonyl (C=O) groups excluding carboxylic acids is 1. The van der Waals surface area contributed by atoms with Crippen LogP contribution in [0.25, 0.3) is 0 Å². The summed E-state index contributed by atoms with van der Waals surface area (Å²) >= 11 is 0. The van der Waals surface area contributed by atoms with Crippen molar-refractivity contribution in [3.63, 3.8) is 0 Å². The molecule has 2 rings (SSSR count). The summed E-state index contributed by atoms with van der Waals surface area (Å²) in [6.07, 6.45) is 0.243. The topological polar surface area (TPSA) is 101 Å². The zero-order valence-electron chi connectivity index (χ0n) is 12.5. The van der Waals surface area contributed by atoms with E-state index >= 15 is 0 Å². The Morgan fingerprint density at radius 1 is 1.24 bits per heavy atom. The van der Waals surface area contributed by atoms with E-state index in [-0.39, 0.29) is 32.4 Å². The van der Waals surface area contributed by atoms with E-state index < -0.39 is 37.5 Å². The first-order valence-electron chi connectivity index (χ1n) is 6.93. The molecule has 7 nitrogen and oxygen atoms in total. The maximum atomic E-state index is 12.2. The number of likely N-dealkylation sites (tertiary alicyclic amines) is 1. The van der Waals surface area contributed by atoms with Crippen molar-refractivity contribution in [2.75, 3.05) is 13.1 Å². The van der Waals surface area contributed by atoms with E-state index in [0.717, 1.165) is 0 Å². The number of piperidine rings is 1. The number of rotatable bonds is 1. The molecule has 0 radical (unpaired) electrons. The molecule has 0 bridgehead atoms. The van der Waals surface area contributed by atoms with Gasteiger partial charge < -0.3 is 14.7 Å². The molecule has 2 fully saturated rings. The van der Waals surface area contributed by atoms with Gasteiger partial charge in [0.1, 0.15) is 5.60 Å². The lowest BCUT2D eigenvalue weighted by Crippen LogP contribution is -2.64. The van der Waals surface area contributed by atoms with Crippen LogP contribution in [0.15, 0.2) is 0 Å². The lowest BCUT2D eigenvalue weighted by molar-refractivity contribution is -0.137. The predicted molar refractivity (Wildman–Crippen MR) is 74.7 cm³/mol. The highest BCUT2D eigenvalue weighted by molar-refractivity contribution is 7.95. The second kappa shape index (κ2) is 4.86. The third kappa shape index (κ3) is 2.73. The molecule has 8 heteroatoms. The summed E-state index contributed by atoms with van der Waals surface area (Å²) in [6.45, 7) is 5.86. The predicted octanol–water partition coefficient (Wildman–Crippen LogP) is 1.03. The Morgan fingerprint density at radius 3 is 2.14 bits per heavy atom. The molecule has 2 saturated heterocycles. The first-order chi connectivity index (χ1) is 9.48. The number of ether oxygens (including phenoxy) is 1. The SMILES string of the molecule is CC(C)(C)OC(=O)N1CCC2(CC1)CC(C(=O)O)S2(=O)=O. The minimum absolute atomic E-state index is 0.146. The zero-order valence-corrected chi connectivity index (χ0v) is 13.3. The fraction of sp³-hybridized carbons (Fsp3) is 0.846. The van der Waals surface area contributed by atoms with Gasteiger partial charge in [-0.2, -0.15) is 0 Å². The highest BCUT2D eigenvalue weighted by Gasteiger charge is 2.63. The van der Waals surface area contributed by atoms with E-state index in [1.165, 1.54) is 4.90 Å². The molecular formula is C13H21NO6S. The van der Waals surface area contributed by atoms with Gasteiger partial charge in [0.05, 0.1) is 4.75 Å². The third-order valence-electron chi connectivity index (χ3n) is 4.14. The minimum atomic E-state index is -3.65. The van der Waals surface area contributed by atoms with Gasteiger partial charge in [-0.15, -0.1) is 0 Å². The lowest BCUT2D eigenvalue weighted by atomic mass is 9.89. The molecule has 2 aliphatic rings. The van der Waals surface area contributed by atoms with Gasteiger partial charge in [0.25, 0.3) is 0 Å². The van der Waals surface area contributed by atoms with Crippen LogP contribution in [0.1, 0.15) is 40.0 Å². The molecule has 0 aromatic rings. The van der Waals surface area contributed by atoms with Gasteiger partial charge >= 0.3 is 12.1 Å². The van der Waals surface area contributed by atoms with Gasteiger partial charge in [0.15, 0.2) is 15.1 Å². The summed E-state index contributed by atoms with van der Waals surface area (Å²) < 4.78 is 28.6. The van der Waals surface area contributed by atoms with Gasteiger partial charge in [-0.05, 0) is 40.0 Å². The average molecular weight is 319 g/mol. The second-order valence-electron chi connectivity index (χ2n) is 6.73. The maximum absolute atomic E-state index is 12.2. The third-order valence-corrected chi connectivity index (χ3v) is 7.04. The average Bonchev–Trinajstić information content (AvgIpc) is 2.34. The zero-order chi connectivity index (χ0) is 16.1. The van der Waals surface area contributed by atoms with Gasteiger partial charge in [-0.3, -0.25) is 4.79 Å². The number of sulfone groups is 1. The van der Waals surface area contributed by atoms with E-state index in [1.807, 2.05) is 0 Å². The summed E-state index contributed by atoms with van der Waals surface area (Å²) in [5, 5.41) is 7.60. The fourth-order valence-electron chi connectivity index (χ4n) is 2.90. The van der Waals surface area contributed by atoms with Crippen LogP contribution in [0, 0.1) is 0 Å². The number of aliphatic carboxylic acids is 1. The van der Waals surface area contributed by atoms with Crippen LogP contribution in [0.4, 0.5) is 4.79 Å². The molecule has 0 aliphatic carbocycles. The van der Waals surface area contributed by atoms with Crippen molar-refractivity contribution in [1.29, 1.82) is 0 Å². The summed E-state index contributed by atoms with van der Waals surface area (Å²) in [5.41, 5.74) is -0.594. The molecule has 1 spiro atoms. The number of carboxylic acids is 1. The van der Waals surface area contributed by atoms with Crippen LogP contribution in [0.3, 0.4) is 0 Å². The van der Waals surface area contributed by atoms with Crippen LogP contribution in [-0.2, 0) is 19.4 Å². The van der Waals surface area contributed by atoms with Crippen molar-refractivity contribution in [3.8, 4) is 0 Å². The van der Waals surface area contributed by atoms with Crippen LogP contribution < -0.4 is 0 Å². The van der Waals surface area contributed by atoms with Crippen molar-refractivity contribution < 1.29 is 27.9 Å². The summed E-state index contributed by atoms with van der Waals surface area (Å²) in [6, 6.07) is 0. The van der Waals surface area contributed by atoms with Gasteiger partial charge in [0.2, 0.25) is 0 Å². The van der Waals surface area contributed by atoms with Crippen molar-refractivity contribution in [2.24, 2.45) is 0 Å². The first-order valence-corrected chi connectivity index (χ1v) is 8.47. The molecule has 0 saturated carbocycles. The minimum Gasteiger partial charge on any atom is -0.480 e. The van der Waals surface area contributed by atoms with Gasteiger partial charge in [-0.1, -0.05) is 0 Å². The standard InChI is InChI=1S/C13H21NO6S/c1-12(2,3)20-11(17)14-6-4-13(5-7-14)8-9(10(15)16)21(13,18)19/h9H,4-8H2,1-3H3,(H,15,16). The van der Waals surface area contributed by atoms with Crippen LogP contribution in [0.5, 0.6) is 0 Å². The fourth-order valence-corrected chi connectivity index (χ4v) is 5.16. The quantitative estimate of drug-likeness (QED) is 0.774. The van der Waals surface area contributed by atoms with Crippen molar-refractivity contribution >= 4 is 21.9 Å². The normalized spacial score (nSPS) is 27.0. The summed E-state index contributed by atoms with van der Waals surface area (Å²) in [4.78, 5) is 24.3. The Bertz CT molecular complexity index is 554.